The Morgan fingerprint density at radius 2 is 2.10 bits per heavy atom. The minimum Gasteiger partial charge on any atom is -0.369 e. The lowest BCUT2D eigenvalue weighted by molar-refractivity contribution is -0.122. The van der Waals surface area contributed by atoms with E-state index >= 15 is 0 Å². The Morgan fingerprint density at radius 3 is 2.80 bits per heavy atom. The van der Waals surface area contributed by atoms with Crippen molar-refractivity contribution in [2.24, 2.45) is 11.7 Å². The smallest absolute Gasteiger partial charge is 0.243 e. The van der Waals surface area contributed by atoms with E-state index in [2.05, 4.69) is 15.4 Å². The number of aromatic nitrogens is 3. The predicted octanol–water partition coefficient (Wildman–Crippen LogP) is 1.49. The van der Waals surface area contributed by atoms with Crippen LogP contribution in [0.15, 0.2) is 18.3 Å². The molecular formula is C14H19N5O. The maximum Gasteiger partial charge on any atom is 0.243 e. The standard InChI is InChI=1S/C14H19N5O/c1-9-2-7-12-17-14(18-19(12)8-9)16-11-5-3-10(4-6-11)13(15)20/h2,7-8,10-11H,3-6H2,1H3,(H2,15,20)(H,16,18). The molecule has 3 N–H and O–H groups in total. The van der Waals surface area contributed by atoms with Crippen molar-refractivity contribution in [3.63, 3.8) is 0 Å². The van der Waals surface area contributed by atoms with Gasteiger partial charge in [0.25, 0.3) is 0 Å². The van der Waals surface area contributed by atoms with Crippen molar-refractivity contribution >= 4 is 17.5 Å². The van der Waals surface area contributed by atoms with Gasteiger partial charge in [-0.25, -0.2) is 4.52 Å². The minimum absolute atomic E-state index is 0.0322. The highest BCUT2D eigenvalue weighted by atomic mass is 16.1. The number of carbonyl (C=O) groups is 1. The van der Waals surface area contributed by atoms with E-state index < -0.39 is 0 Å². The van der Waals surface area contributed by atoms with Crippen LogP contribution in [0.5, 0.6) is 0 Å². The molecule has 0 saturated heterocycles. The molecule has 20 heavy (non-hydrogen) atoms. The van der Waals surface area contributed by atoms with Crippen LogP contribution in [0, 0.1) is 12.8 Å². The van der Waals surface area contributed by atoms with E-state index in [-0.39, 0.29) is 11.8 Å². The predicted molar refractivity (Wildman–Crippen MR) is 76.3 cm³/mol. The normalized spacial score (nSPS) is 22.9. The second-order valence-electron chi connectivity index (χ2n) is 5.54. The van der Waals surface area contributed by atoms with Crippen LogP contribution in [-0.2, 0) is 4.79 Å². The number of nitrogens with two attached hydrogens (primary N) is 1. The van der Waals surface area contributed by atoms with Crippen LogP contribution in [0.25, 0.3) is 5.65 Å². The zero-order chi connectivity index (χ0) is 14.1. The Bertz CT molecular complexity index is 628. The fourth-order valence-corrected chi connectivity index (χ4v) is 2.75. The SMILES string of the molecule is Cc1ccc2nc(NC3CCC(C(N)=O)CC3)nn2c1. The zero-order valence-electron chi connectivity index (χ0n) is 11.5. The van der Waals surface area contributed by atoms with Gasteiger partial charge >= 0.3 is 0 Å². The molecule has 6 nitrogen and oxygen atoms in total. The molecule has 0 spiro atoms. The number of rotatable bonds is 3. The number of amides is 1. The van der Waals surface area contributed by atoms with E-state index in [9.17, 15) is 4.79 Å². The lowest BCUT2D eigenvalue weighted by atomic mass is 9.86. The van der Waals surface area contributed by atoms with Gasteiger partial charge in [-0.05, 0) is 44.2 Å². The molecule has 3 rings (SSSR count). The summed E-state index contributed by atoms with van der Waals surface area (Å²) in [5.74, 6) is 0.507. The molecule has 0 aliphatic heterocycles. The lowest BCUT2D eigenvalue weighted by Crippen LogP contribution is -2.32. The van der Waals surface area contributed by atoms with Crippen LogP contribution in [0.3, 0.4) is 0 Å². The van der Waals surface area contributed by atoms with E-state index in [1.807, 2.05) is 25.3 Å². The van der Waals surface area contributed by atoms with Gasteiger partial charge in [-0.1, -0.05) is 6.07 Å². The van der Waals surface area contributed by atoms with Gasteiger partial charge in [-0.2, -0.15) is 4.98 Å². The number of nitrogens with zero attached hydrogens (tertiary/aromatic N) is 3. The number of aryl methyl sites for hydroxylation is 1. The molecule has 0 radical (unpaired) electrons. The van der Waals surface area contributed by atoms with Crippen LogP contribution in [0.2, 0.25) is 0 Å². The van der Waals surface area contributed by atoms with Gasteiger partial charge in [0.1, 0.15) is 0 Å². The van der Waals surface area contributed by atoms with Crippen LogP contribution >= 0.6 is 0 Å². The van der Waals surface area contributed by atoms with Gasteiger partial charge in [0.05, 0.1) is 0 Å². The average Bonchev–Trinajstić information content (AvgIpc) is 2.80. The van der Waals surface area contributed by atoms with Crippen LogP contribution in [-0.4, -0.2) is 26.5 Å². The van der Waals surface area contributed by atoms with E-state index in [0.29, 0.717) is 12.0 Å². The molecule has 0 bridgehead atoms. The van der Waals surface area contributed by atoms with Gasteiger partial charge in [-0.3, -0.25) is 4.79 Å². The topological polar surface area (TPSA) is 85.3 Å². The maximum atomic E-state index is 11.1. The van der Waals surface area contributed by atoms with Gasteiger partial charge in [0.15, 0.2) is 5.65 Å². The summed E-state index contributed by atoms with van der Waals surface area (Å²) in [6.45, 7) is 2.03. The zero-order valence-corrected chi connectivity index (χ0v) is 11.5. The van der Waals surface area contributed by atoms with E-state index in [1.165, 1.54) is 0 Å². The molecule has 1 amide bonds. The van der Waals surface area contributed by atoms with Gasteiger partial charge in [0.2, 0.25) is 11.9 Å². The number of hydrogen-bond donors (Lipinski definition) is 2. The summed E-state index contributed by atoms with van der Waals surface area (Å²) in [5, 5.41) is 7.78. The summed E-state index contributed by atoms with van der Waals surface area (Å²) in [7, 11) is 0. The molecule has 1 saturated carbocycles. The average molecular weight is 273 g/mol. The number of nitrogens with one attached hydrogen (secondary N) is 1. The van der Waals surface area contributed by atoms with Crippen molar-refractivity contribution in [3.8, 4) is 0 Å². The number of fused-ring (bicyclic) bond motifs is 1. The quantitative estimate of drug-likeness (QED) is 0.887. The molecule has 2 aromatic rings. The first-order valence-corrected chi connectivity index (χ1v) is 7.01. The molecule has 106 valence electrons. The minimum atomic E-state index is -0.176. The van der Waals surface area contributed by atoms with Gasteiger partial charge in [-0.15, -0.1) is 5.10 Å². The van der Waals surface area contributed by atoms with Crippen molar-refractivity contribution in [2.45, 2.75) is 38.6 Å². The number of hydrogen-bond acceptors (Lipinski definition) is 4. The molecule has 1 aliphatic rings. The summed E-state index contributed by atoms with van der Waals surface area (Å²) >= 11 is 0. The first kappa shape index (κ1) is 12.9. The highest BCUT2D eigenvalue weighted by molar-refractivity contribution is 5.76. The van der Waals surface area contributed by atoms with Gasteiger partial charge in [0, 0.05) is 18.2 Å². The fourth-order valence-electron chi connectivity index (χ4n) is 2.75. The third-order valence-corrected chi connectivity index (χ3v) is 3.94. The highest BCUT2D eigenvalue weighted by Gasteiger charge is 2.25. The third-order valence-electron chi connectivity index (χ3n) is 3.94. The van der Waals surface area contributed by atoms with E-state index in [1.54, 1.807) is 4.52 Å². The first-order chi connectivity index (χ1) is 9.61. The summed E-state index contributed by atoms with van der Waals surface area (Å²) in [4.78, 5) is 15.6. The second-order valence-corrected chi connectivity index (χ2v) is 5.54. The molecule has 0 unspecified atom stereocenters. The van der Waals surface area contributed by atoms with Crippen molar-refractivity contribution in [2.75, 3.05) is 5.32 Å². The summed E-state index contributed by atoms with van der Waals surface area (Å²) in [5.41, 5.74) is 7.33. The van der Waals surface area contributed by atoms with Crippen molar-refractivity contribution in [1.82, 2.24) is 14.6 Å². The largest absolute Gasteiger partial charge is 0.369 e. The Morgan fingerprint density at radius 1 is 1.35 bits per heavy atom. The Hall–Kier alpha value is -2.11. The molecule has 6 heteroatoms. The summed E-state index contributed by atoms with van der Waals surface area (Å²) in [6, 6.07) is 4.30. The summed E-state index contributed by atoms with van der Waals surface area (Å²) < 4.78 is 1.78. The molecule has 1 aliphatic carbocycles. The monoisotopic (exact) mass is 273 g/mol. The number of primary amides is 1. The van der Waals surface area contributed by atoms with Crippen molar-refractivity contribution in [1.29, 1.82) is 0 Å². The Balaban J connectivity index is 1.66. The van der Waals surface area contributed by atoms with Crippen LogP contribution in [0.4, 0.5) is 5.95 Å². The molecular weight excluding hydrogens is 254 g/mol. The summed E-state index contributed by atoms with van der Waals surface area (Å²) in [6.07, 6.45) is 5.51. The molecule has 0 aromatic carbocycles. The van der Waals surface area contributed by atoms with Crippen LogP contribution < -0.4 is 11.1 Å². The van der Waals surface area contributed by atoms with E-state index in [0.717, 1.165) is 36.9 Å². The Labute approximate surface area is 117 Å². The fraction of sp³-hybridized carbons (Fsp3) is 0.500. The highest BCUT2D eigenvalue weighted by Crippen LogP contribution is 2.25. The second kappa shape index (κ2) is 5.11. The van der Waals surface area contributed by atoms with Gasteiger partial charge < -0.3 is 11.1 Å². The first-order valence-electron chi connectivity index (χ1n) is 7.01. The molecule has 0 atom stereocenters. The third kappa shape index (κ3) is 2.59. The maximum absolute atomic E-state index is 11.1. The van der Waals surface area contributed by atoms with Crippen LogP contribution in [0.1, 0.15) is 31.2 Å². The molecule has 2 aromatic heterocycles. The van der Waals surface area contributed by atoms with Crippen molar-refractivity contribution in [3.05, 3.63) is 23.9 Å². The lowest BCUT2D eigenvalue weighted by Gasteiger charge is -2.26. The number of anilines is 1. The molecule has 2 heterocycles. The van der Waals surface area contributed by atoms with Crippen molar-refractivity contribution < 1.29 is 4.79 Å². The Kier molecular flexibility index (Phi) is 3.30. The molecule has 1 fully saturated rings. The number of carbonyl (C=O) groups excluding carboxylic acids is 1. The number of pyridine rings is 1. The van der Waals surface area contributed by atoms with E-state index in [4.69, 9.17) is 5.73 Å².